The molecule has 0 fully saturated rings. The van der Waals surface area contributed by atoms with Gasteiger partial charge in [-0.05, 0) is 0 Å². The molecule has 0 atom stereocenters. The van der Waals surface area contributed by atoms with Gasteiger partial charge < -0.3 is 5.32 Å². The highest BCUT2D eigenvalue weighted by Crippen LogP contribution is 2.63. The molecule has 0 aromatic heterocycles. The van der Waals surface area contributed by atoms with E-state index in [1.54, 1.807) is 0 Å². The van der Waals surface area contributed by atoms with E-state index in [0.29, 0.717) is 0 Å². The van der Waals surface area contributed by atoms with Gasteiger partial charge in [0, 0.05) is 6.07 Å². The third kappa shape index (κ3) is 4.02. The van der Waals surface area contributed by atoms with Gasteiger partial charge in [0.05, 0.1) is 5.69 Å². The maximum atomic E-state index is 13.6. The largest absolute Gasteiger partial charge is 0.460 e. The molecule has 0 aliphatic rings. The van der Waals surface area contributed by atoms with Gasteiger partial charge in [-0.2, -0.15) is 74.6 Å². The summed E-state index contributed by atoms with van der Waals surface area (Å²) in [5.74, 6) is -63.7. The summed E-state index contributed by atoms with van der Waals surface area (Å²) < 4.78 is 274. The maximum absolute atomic E-state index is 13.6. The van der Waals surface area contributed by atoms with E-state index < -0.39 is 88.1 Å². The number of benzene rings is 1. The minimum Gasteiger partial charge on any atom is -0.319 e. The molecule has 0 bridgehead atoms. The van der Waals surface area contributed by atoms with E-state index >= 15 is 0 Å². The van der Waals surface area contributed by atoms with Gasteiger partial charge in [-0.15, -0.1) is 0 Å². The number of hydrogen-bond acceptors (Lipinski definition) is 1. The van der Waals surface area contributed by atoms with E-state index in [-0.39, 0.29) is 0 Å². The topological polar surface area (TPSA) is 12.0 Å². The van der Waals surface area contributed by atoms with Gasteiger partial charge in [-0.3, -0.25) is 0 Å². The van der Waals surface area contributed by atoms with Crippen molar-refractivity contribution in [2.75, 3.05) is 5.32 Å². The van der Waals surface area contributed by atoms with Crippen molar-refractivity contribution in [1.82, 2.24) is 0 Å². The molecule has 0 aliphatic heterocycles. The van der Waals surface area contributed by atoms with Crippen LogP contribution in [0, 0.1) is 23.3 Å². The first-order valence-corrected chi connectivity index (χ1v) is 7.80. The van der Waals surface area contributed by atoms with E-state index in [1.165, 1.54) is 0 Å². The molecule has 0 spiro atoms. The molecule has 0 aliphatic carbocycles. The quantitative estimate of drug-likeness (QED) is 0.144. The number of halogens is 21. The monoisotopic (exact) mass is 583 g/mol. The molecule has 22 heteroatoms. The van der Waals surface area contributed by atoms with Gasteiger partial charge >= 0.3 is 47.8 Å². The molecule has 0 heterocycles. The minimum absolute atomic E-state index is 0.620. The fraction of sp³-hybridized carbons (Fsp3) is 0.571. The summed E-state index contributed by atoms with van der Waals surface area (Å²) in [6.07, 6.45) is -7.92. The summed E-state index contributed by atoms with van der Waals surface area (Å²) in [5, 5.41) is -0.620. The van der Waals surface area contributed by atoms with Crippen LogP contribution in [0.3, 0.4) is 0 Å². The van der Waals surface area contributed by atoms with Crippen LogP contribution in [0.2, 0.25) is 0 Å². The van der Waals surface area contributed by atoms with Gasteiger partial charge in [0.15, 0.2) is 23.3 Å². The van der Waals surface area contributed by atoms with Crippen LogP contribution >= 0.6 is 0 Å². The van der Waals surface area contributed by atoms with Crippen LogP contribution in [-0.4, -0.2) is 47.8 Å². The molecular weight excluding hydrogens is 581 g/mol. The van der Waals surface area contributed by atoms with E-state index in [2.05, 4.69) is 0 Å². The molecule has 0 saturated carbocycles. The van der Waals surface area contributed by atoms with Crippen molar-refractivity contribution in [2.45, 2.75) is 47.8 Å². The summed E-state index contributed by atoms with van der Waals surface area (Å²) in [7, 11) is 0. The highest BCUT2D eigenvalue weighted by Gasteiger charge is 2.95. The second kappa shape index (κ2) is 8.28. The fourth-order valence-electron chi connectivity index (χ4n) is 2.08. The maximum Gasteiger partial charge on any atom is 0.460 e. The molecule has 36 heavy (non-hydrogen) atoms. The molecule has 1 N–H and O–H groups in total. The van der Waals surface area contributed by atoms with E-state index in [0.717, 1.165) is 0 Å². The Bertz CT molecular complexity index is 989. The Morgan fingerprint density at radius 2 is 0.750 bits per heavy atom. The van der Waals surface area contributed by atoms with Gasteiger partial charge in [0.1, 0.15) is 0 Å². The number of hydrogen-bond donors (Lipinski definition) is 1. The molecule has 0 unspecified atom stereocenters. The van der Waals surface area contributed by atoms with Crippen LogP contribution in [0.1, 0.15) is 0 Å². The number of rotatable bonds is 8. The highest BCUT2D eigenvalue weighted by atomic mass is 19.4. The Labute approximate surface area is 181 Å². The van der Waals surface area contributed by atoms with E-state index in [1.807, 2.05) is 0 Å². The van der Waals surface area contributed by atoms with Crippen molar-refractivity contribution in [1.29, 1.82) is 0 Å². The number of nitrogens with one attached hydrogen (secondary N) is 1. The van der Waals surface area contributed by atoms with Gasteiger partial charge in [0.25, 0.3) is 0 Å². The smallest absolute Gasteiger partial charge is 0.319 e. The van der Waals surface area contributed by atoms with Crippen LogP contribution in [0.5, 0.6) is 0 Å². The Balaban J connectivity index is 3.69. The highest BCUT2D eigenvalue weighted by molar-refractivity contribution is 5.48. The molecule has 1 aromatic carbocycles. The zero-order chi connectivity index (χ0) is 29.3. The number of anilines is 1. The summed E-state index contributed by atoms with van der Waals surface area (Å²) >= 11 is 0. The molecule has 1 aromatic rings. The van der Waals surface area contributed by atoms with Crippen molar-refractivity contribution in [3.63, 3.8) is 0 Å². The van der Waals surface area contributed by atoms with Crippen LogP contribution < -0.4 is 5.32 Å². The lowest BCUT2D eigenvalue weighted by Crippen LogP contribution is -2.75. The van der Waals surface area contributed by atoms with E-state index in [9.17, 15) is 92.2 Å². The lowest BCUT2D eigenvalue weighted by Gasteiger charge is -2.42. The van der Waals surface area contributed by atoms with Crippen molar-refractivity contribution in [2.24, 2.45) is 0 Å². The first-order valence-electron chi connectivity index (χ1n) is 7.80. The van der Waals surface area contributed by atoms with Gasteiger partial charge in [0.2, 0.25) is 0 Å². The third-order valence-corrected chi connectivity index (χ3v) is 4.12. The van der Waals surface area contributed by atoms with Crippen LogP contribution in [0.25, 0.3) is 0 Å². The summed E-state index contributed by atoms with van der Waals surface area (Å²) in [5.41, 5.74) is -2.80. The van der Waals surface area contributed by atoms with Crippen LogP contribution in [0.15, 0.2) is 6.07 Å². The second-order valence-corrected chi connectivity index (χ2v) is 6.49. The lowest BCUT2D eigenvalue weighted by molar-refractivity contribution is -0.460. The molecule has 210 valence electrons. The molecule has 1 nitrogen and oxygen atoms in total. The van der Waals surface area contributed by atoms with Crippen molar-refractivity contribution in [3.8, 4) is 0 Å². The Morgan fingerprint density at radius 1 is 0.417 bits per heavy atom. The summed E-state index contributed by atoms with van der Waals surface area (Å²) in [6.45, 7) is 0. The third-order valence-electron chi connectivity index (χ3n) is 4.12. The molecule has 0 saturated heterocycles. The molecule has 1 rings (SSSR count). The summed E-state index contributed by atoms with van der Waals surface area (Å²) in [6, 6.07) is -8.42. The summed E-state index contributed by atoms with van der Waals surface area (Å²) in [4.78, 5) is 0. The van der Waals surface area contributed by atoms with Crippen molar-refractivity contribution in [3.05, 3.63) is 29.3 Å². The van der Waals surface area contributed by atoms with Crippen LogP contribution in [-0.2, 0) is 0 Å². The standard InChI is InChI=1S/C14H2F21N/c15-2-1-3(5(17)6(18)4(2)16)36-14(34,35)12(29,30)10(25,26)8(21,22)7(19,20)9(23,24)11(27,28)13(31,32)33/h1,36H. The normalized spacial score (nSPS) is 15.4. The predicted molar refractivity (Wildman–Crippen MR) is 70.6 cm³/mol. The molecule has 0 radical (unpaired) electrons. The fourth-order valence-corrected chi connectivity index (χ4v) is 2.08. The zero-order valence-electron chi connectivity index (χ0n) is 15.5. The first kappa shape index (κ1) is 31.6. The van der Waals surface area contributed by atoms with Gasteiger partial charge in [-0.25, -0.2) is 17.6 Å². The second-order valence-electron chi connectivity index (χ2n) is 6.49. The molecule has 0 amide bonds. The minimum atomic E-state index is -8.90. The van der Waals surface area contributed by atoms with Crippen molar-refractivity contribution >= 4 is 5.69 Å². The average molecular weight is 583 g/mol. The van der Waals surface area contributed by atoms with Crippen molar-refractivity contribution < 1.29 is 92.2 Å². The molecular formula is C14H2F21N. The Hall–Kier alpha value is -2.45. The van der Waals surface area contributed by atoms with Gasteiger partial charge in [-0.1, -0.05) is 0 Å². The first-order chi connectivity index (χ1) is 15.5. The average Bonchev–Trinajstić information content (AvgIpc) is 2.68. The van der Waals surface area contributed by atoms with E-state index in [4.69, 9.17) is 0 Å². The lowest BCUT2D eigenvalue weighted by atomic mass is 9.90. The predicted octanol–water partition coefficient (Wildman–Crippen LogP) is 7.62. The SMILES string of the molecule is Fc1cc(NC(F)(F)C(F)(F)C(F)(F)C(F)(F)C(F)(F)C(F)(F)C(F)(F)C(F)(F)F)c(F)c(F)c1F. The van der Waals surface area contributed by atoms with Crippen LogP contribution in [0.4, 0.5) is 97.9 Å². The Kier molecular flexibility index (Phi) is 7.26. The Morgan fingerprint density at radius 3 is 1.11 bits per heavy atom. The number of alkyl halides is 17. The zero-order valence-corrected chi connectivity index (χ0v) is 15.5.